The van der Waals surface area contributed by atoms with Gasteiger partial charge in [-0.25, -0.2) is 4.79 Å². The molecule has 2 aliphatic rings. The zero-order valence-corrected chi connectivity index (χ0v) is 15.6. The van der Waals surface area contributed by atoms with Crippen LogP contribution in [-0.2, 0) is 24.8 Å². The van der Waals surface area contributed by atoms with Gasteiger partial charge < -0.3 is 15.0 Å². The number of ether oxygens (including phenoxy) is 1. The van der Waals surface area contributed by atoms with E-state index in [0.29, 0.717) is 25.2 Å². The second-order valence-corrected chi connectivity index (χ2v) is 8.00. The van der Waals surface area contributed by atoms with Gasteiger partial charge in [-0.15, -0.1) is 0 Å². The molecule has 1 saturated carbocycles. The summed E-state index contributed by atoms with van der Waals surface area (Å²) in [5.74, 6) is -0.0887. The Morgan fingerprint density at radius 1 is 1.24 bits per heavy atom. The Kier molecular flexibility index (Phi) is 4.75. The molecule has 3 rings (SSSR count). The third-order valence-electron chi connectivity index (χ3n) is 4.75. The van der Waals surface area contributed by atoms with Crippen molar-refractivity contribution in [3.05, 3.63) is 17.0 Å². The van der Waals surface area contributed by atoms with Crippen molar-refractivity contribution in [3.8, 4) is 0 Å². The molecule has 138 valence electrons. The van der Waals surface area contributed by atoms with E-state index in [4.69, 9.17) is 4.74 Å². The second-order valence-electron chi connectivity index (χ2n) is 8.00. The maximum Gasteiger partial charge on any atom is 0.410 e. The van der Waals surface area contributed by atoms with E-state index in [9.17, 15) is 9.59 Å². The number of nitrogens with one attached hydrogen (secondary N) is 1. The predicted molar refractivity (Wildman–Crippen MR) is 93.3 cm³/mol. The van der Waals surface area contributed by atoms with E-state index in [0.717, 1.165) is 24.1 Å². The first-order valence-electron chi connectivity index (χ1n) is 9.08. The average Bonchev–Trinajstić information content (AvgIpc) is 3.10. The van der Waals surface area contributed by atoms with Gasteiger partial charge in [0, 0.05) is 31.6 Å². The van der Waals surface area contributed by atoms with Crippen LogP contribution in [-0.4, -0.2) is 44.9 Å². The van der Waals surface area contributed by atoms with E-state index in [1.54, 1.807) is 16.6 Å². The molecule has 1 aromatic heterocycles. The van der Waals surface area contributed by atoms with Crippen LogP contribution in [0.1, 0.15) is 68.2 Å². The maximum atomic E-state index is 12.8. The van der Waals surface area contributed by atoms with E-state index in [-0.39, 0.29) is 18.0 Å². The maximum absolute atomic E-state index is 12.8. The van der Waals surface area contributed by atoms with Crippen LogP contribution >= 0.6 is 0 Å². The zero-order chi connectivity index (χ0) is 18.2. The molecule has 2 amide bonds. The molecule has 0 saturated heterocycles. The first-order valence-corrected chi connectivity index (χ1v) is 9.08. The highest BCUT2D eigenvalue weighted by molar-refractivity contribution is 5.94. The molecule has 0 aromatic carbocycles. The standard InChI is InChI=1S/C18H28N4O3/c1-18(2,3)25-17(24)22-10-9-14-13(11-22)15(21(4)20-14)16(23)19-12-7-5-6-8-12/h12H,5-11H2,1-4H3,(H,19,23). The number of hydrogen-bond acceptors (Lipinski definition) is 4. The fourth-order valence-corrected chi connectivity index (χ4v) is 3.59. The lowest BCUT2D eigenvalue weighted by atomic mass is 10.0. The van der Waals surface area contributed by atoms with Gasteiger partial charge in [0.15, 0.2) is 0 Å². The van der Waals surface area contributed by atoms with Gasteiger partial charge in [0.2, 0.25) is 0 Å². The minimum absolute atomic E-state index is 0.0887. The molecule has 0 spiro atoms. The topological polar surface area (TPSA) is 76.5 Å². The van der Waals surface area contributed by atoms with Crippen molar-refractivity contribution in [3.63, 3.8) is 0 Å². The summed E-state index contributed by atoms with van der Waals surface area (Å²) in [5, 5.41) is 7.61. The van der Waals surface area contributed by atoms with Crippen molar-refractivity contribution in [2.45, 2.75) is 71.1 Å². The summed E-state index contributed by atoms with van der Waals surface area (Å²) in [6.45, 7) is 6.48. The number of carbonyl (C=O) groups excluding carboxylic acids is 2. The van der Waals surface area contributed by atoms with E-state index >= 15 is 0 Å². The molecular formula is C18H28N4O3. The van der Waals surface area contributed by atoms with Crippen molar-refractivity contribution in [1.29, 1.82) is 0 Å². The summed E-state index contributed by atoms with van der Waals surface area (Å²) in [4.78, 5) is 26.8. The van der Waals surface area contributed by atoms with Gasteiger partial charge in [0.05, 0.1) is 12.2 Å². The molecule has 0 bridgehead atoms. The smallest absolute Gasteiger partial charge is 0.410 e. The number of hydrogen-bond donors (Lipinski definition) is 1. The number of fused-ring (bicyclic) bond motifs is 1. The average molecular weight is 348 g/mol. The molecule has 1 aliphatic carbocycles. The Labute approximate surface area is 148 Å². The molecule has 7 heteroatoms. The van der Waals surface area contributed by atoms with Crippen molar-refractivity contribution >= 4 is 12.0 Å². The Morgan fingerprint density at radius 2 is 1.92 bits per heavy atom. The van der Waals surface area contributed by atoms with Crippen LogP contribution < -0.4 is 5.32 Å². The Morgan fingerprint density at radius 3 is 2.56 bits per heavy atom. The number of rotatable bonds is 2. The molecule has 25 heavy (non-hydrogen) atoms. The summed E-state index contributed by atoms with van der Waals surface area (Å²) >= 11 is 0. The predicted octanol–water partition coefficient (Wildman–Crippen LogP) is 2.39. The summed E-state index contributed by atoms with van der Waals surface area (Å²) in [7, 11) is 1.79. The van der Waals surface area contributed by atoms with Crippen molar-refractivity contribution in [1.82, 2.24) is 20.0 Å². The number of aryl methyl sites for hydroxylation is 1. The second kappa shape index (κ2) is 6.69. The van der Waals surface area contributed by atoms with Crippen LogP contribution in [0, 0.1) is 0 Å². The number of aromatic nitrogens is 2. The fraction of sp³-hybridized carbons (Fsp3) is 0.722. The van der Waals surface area contributed by atoms with Gasteiger partial charge >= 0.3 is 6.09 Å². The van der Waals surface area contributed by atoms with E-state index in [1.807, 2.05) is 20.8 Å². The minimum atomic E-state index is -0.533. The minimum Gasteiger partial charge on any atom is -0.444 e. The molecule has 2 heterocycles. The number of nitrogens with zero attached hydrogens (tertiary/aromatic N) is 3. The van der Waals surface area contributed by atoms with Gasteiger partial charge in [0.1, 0.15) is 11.3 Å². The van der Waals surface area contributed by atoms with Gasteiger partial charge in [-0.3, -0.25) is 9.48 Å². The van der Waals surface area contributed by atoms with Crippen LogP contribution in [0.4, 0.5) is 4.79 Å². The van der Waals surface area contributed by atoms with Crippen LogP contribution in [0.3, 0.4) is 0 Å². The molecular weight excluding hydrogens is 320 g/mol. The summed E-state index contributed by atoms with van der Waals surface area (Å²) in [6, 6.07) is 0.253. The Balaban J connectivity index is 1.76. The fourth-order valence-electron chi connectivity index (χ4n) is 3.59. The van der Waals surface area contributed by atoms with Gasteiger partial charge in [-0.1, -0.05) is 12.8 Å². The Bertz CT molecular complexity index is 669. The monoisotopic (exact) mass is 348 g/mol. The lowest BCUT2D eigenvalue weighted by molar-refractivity contribution is 0.0222. The summed E-state index contributed by atoms with van der Waals surface area (Å²) in [6.07, 6.45) is 4.70. The first kappa shape index (κ1) is 17.8. The lowest BCUT2D eigenvalue weighted by Gasteiger charge is -2.30. The van der Waals surface area contributed by atoms with E-state index in [1.165, 1.54) is 12.8 Å². The Hall–Kier alpha value is -2.05. The lowest BCUT2D eigenvalue weighted by Crippen LogP contribution is -2.41. The molecule has 0 atom stereocenters. The van der Waals surface area contributed by atoms with E-state index in [2.05, 4.69) is 10.4 Å². The van der Waals surface area contributed by atoms with Crippen LogP contribution in [0.5, 0.6) is 0 Å². The van der Waals surface area contributed by atoms with Crippen LogP contribution in [0.25, 0.3) is 0 Å². The number of amides is 2. The third kappa shape index (κ3) is 3.96. The van der Waals surface area contributed by atoms with Crippen molar-refractivity contribution < 1.29 is 14.3 Å². The highest BCUT2D eigenvalue weighted by Crippen LogP contribution is 2.25. The van der Waals surface area contributed by atoms with Crippen molar-refractivity contribution in [2.75, 3.05) is 6.54 Å². The summed E-state index contributed by atoms with van der Waals surface area (Å²) < 4.78 is 7.11. The molecule has 1 fully saturated rings. The molecule has 1 N–H and O–H groups in total. The molecule has 0 radical (unpaired) electrons. The third-order valence-corrected chi connectivity index (χ3v) is 4.75. The van der Waals surface area contributed by atoms with E-state index < -0.39 is 5.60 Å². The molecule has 1 aromatic rings. The zero-order valence-electron chi connectivity index (χ0n) is 15.6. The van der Waals surface area contributed by atoms with Crippen LogP contribution in [0.2, 0.25) is 0 Å². The van der Waals surface area contributed by atoms with Crippen LogP contribution in [0.15, 0.2) is 0 Å². The normalized spacial score (nSPS) is 18.2. The molecule has 0 unspecified atom stereocenters. The van der Waals surface area contributed by atoms with Crippen molar-refractivity contribution in [2.24, 2.45) is 7.05 Å². The van der Waals surface area contributed by atoms with Gasteiger partial charge in [-0.2, -0.15) is 5.10 Å². The molecule has 1 aliphatic heterocycles. The molecule has 7 nitrogen and oxygen atoms in total. The number of carbonyl (C=O) groups is 2. The summed E-state index contributed by atoms with van der Waals surface area (Å²) in [5.41, 5.74) is 1.78. The quantitative estimate of drug-likeness (QED) is 0.890. The van der Waals surface area contributed by atoms with Gasteiger partial charge in [-0.05, 0) is 33.6 Å². The highest BCUT2D eigenvalue weighted by atomic mass is 16.6. The first-order chi connectivity index (χ1) is 11.7. The highest BCUT2D eigenvalue weighted by Gasteiger charge is 2.32. The largest absolute Gasteiger partial charge is 0.444 e. The van der Waals surface area contributed by atoms with Gasteiger partial charge in [0.25, 0.3) is 5.91 Å². The SMILES string of the molecule is Cn1nc2c(c1C(=O)NC1CCCC1)CN(C(=O)OC(C)(C)C)CC2.